The van der Waals surface area contributed by atoms with E-state index < -0.39 is 18.1 Å². The molecule has 21 heavy (non-hydrogen) atoms. The van der Waals surface area contributed by atoms with E-state index in [4.69, 9.17) is 0 Å². The number of rotatable bonds is 4. The minimum atomic E-state index is -4.85. The van der Waals surface area contributed by atoms with Gasteiger partial charge in [0.1, 0.15) is 0 Å². The molecule has 1 aromatic rings. The van der Waals surface area contributed by atoms with Crippen LogP contribution in [0.25, 0.3) is 0 Å². The molecule has 1 aliphatic heterocycles. The Morgan fingerprint density at radius 3 is 2.76 bits per heavy atom. The van der Waals surface area contributed by atoms with Crippen LogP contribution in [0.4, 0.5) is 18.9 Å². The molecule has 1 heterocycles. The van der Waals surface area contributed by atoms with Gasteiger partial charge in [0.05, 0.1) is 6.04 Å². The van der Waals surface area contributed by atoms with E-state index >= 15 is 0 Å². The highest BCUT2D eigenvalue weighted by Crippen LogP contribution is 2.35. The van der Waals surface area contributed by atoms with Gasteiger partial charge in [-0.25, -0.2) is 0 Å². The van der Waals surface area contributed by atoms with Gasteiger partial charge in [-0.3, -0.25) is 9.69 Å². The van der Waals surface area contributed by atoms with Crippen LogP contribution in [0.3, 0.4) is 0 Å². The number of hydrogen-bond donors (Lipinski definition) is 0. The van der Waals surface area contributed by atoms with Crippen LogP contribution in [0.15, 0.2) is 36.4 Å². The van der Waals surface area contributed by atoms with Crippen LogP contribution in [-0.2, 0) is 11.2 Å². The van der Waals surface area contributed by atoms with Gasteiger partial charge in [-0.15, -0.1) is 0 Å². The first-order valence-electron chi connectivity index (χ1n) is 7.10. The first-order valence-corrected chi connectivity index (χ1v) is 7.10. The number of alkyl halides is 3. The fourth-order valence-corrected chi connectivity index (χ4v) is 2.54. The average molecular weight is 297 g/mol. The topological polar surface area (TPSA) is 20.3 Å². The molecule has 1 unspecified atom stereocenters. The third kappa shape index (κ3) is 3.46. The van der Waals surface area contributed by atoms with E-state index in [1.807, 2.05) is 6.08 Å². The maximum atomic E-state index is 12.8. The van der Waals surface area contributed by atoms with E-state index in [2.05, 4.69) is 6.92 Å². The van der Waals surface area contributed by atoms with Gasteiger partial charge in [0, 0.05) is 5.69 Å². The fourth-order valence-electron chi connectivity index (χ4n) is 2.54. The summed E-state index contributed by atoms with van der Waals surface area (Å²) in [6.07, 6.45) is 2.00. The average Bonchev–Trinajstić information content (AvgIpc) is 2.80. The van der Waals surface area contributed by atoms with Crippen molar-refractivity contribution >= 4 is 11.6 Å². The molecule has 0 spiro atoms. The number of amides is 1. The molecule has 0 N–H and O–H groups in total. The van der Waals surface area contributed by atoms with Crippen LogP contribution < -0.4 is 4.90 Å². The summed E-state index contributed by atoms with van der Waals surface area (Å²) in [7, 11) is 0. The van der Waals surface area contributed by atoms with Crippen molar-refractivity contribution in [3.63, 3.8) is 0 Å². The minimum Gasteiger partial charge on any atom is -0.297 e. The predicted molar refractivity (Wildman–Crippen MR) is 76.1 cm³/mol. The molecular formula is C16H18F3NO. The van der Waals surface area contributed by atoms with Crippen LogP contribution in [-0.4, -0.2) is 18.1 Å². The Morgan fingerprint density at radius 2 is 2.10 bits per heavy atom. The molecule has 2 rings (SSSR count). The van der Waals surface area contributed by atoms with Gasteiger partial charge in [0.15, 0.2) is 0 Å². The number of benzene rings is 1. The van der Waals surface area contributed by atoms with E-state index in [1.54, 1.807) is 30.3 Å². The lowest BCUT2D eigenvalue weighted by Crippen LogP contribution is -2.44. The standard InChI is InChI=1S/C16H18F3NO/c1-2-3-4-5-9-13-11-12-8-6-7-10-14(12)20(13)15(21)16(17,18)19/h5-10,13H,2-4,11H2,1H3/b9-5+. The van der Waals surface area contributed by atoms with E-state index in [0.717, 1.165) is 29.7 Å². The van der Waals surface area contributed by atoms with Crippen molar-refractivity contribution in [2.24, 2.45) is 0 Å². The lowest BCUT2D eigenvalue weighted by molar-refractivity contribution is -0.170. The summed E-state index contributed by atoms with van der Waals surface area (Å²) in [4.78, 5) is 12.6. The normalized spacial score (nSPS) is 18.3. The third-order valence-electron chi connectivity index (χ3n) is 3.56. The monoisotopic (exact) mass is 297 g/mol. The second-order valence-electron chi connectivity index (χ2n) is 5.14. The molecule has 0 bridgehead atoms. The maximum Gasteiger partial charge on any atom is 0.471 e. The quantitative estimate of drug-likeness (QED) is 0.601. The number of carbonyl (C=O) groups excluding carboxylic acids is 1. The number of carbonyl (C=O) groups is 1. The smallest absolute Gasteiger partial charge is 0.297 e. The van der Waals surface area contributed by atoms with E-state index in [9.17, 15) is 18.0 Å². The van der Waals surface area contributed by atoms with Crippen molar-refractivity contribution in [1.29, 1.82) is 0 Å². The lowest BCUT2D eigenvalue weighted by atomic mass is 10.1. The highest BCUT2D eigenvalue weighted by atomic mass is 19.4. The van der Waals surface area contributed by atoms with Crippen molar-refractivity contribution in [1.82, 2.24) is 0 Å². The summed E-state index contributed by atoms with van der Waals surface area (Å²) in [5, 5.41) is 0. The number of halogens is 3. The molecule has 1 atom stereocenters. The van der Waals surface area contributed by atoms with Crippen molar-refractivity contribution < 1.29 is 18.0 Å². The van der Waals surface area contributed by atoms with E-state index in [0.29, 0.717) is 12.1 Å². The zero-order valence-electron chi connectivity index (χ0n) is 11.9. The molecule has 0 aliphatic carbocycles. The zero-order chi connectivity index (χ0) is 15.5. The highest BCUT2D eigenvalue weighted by molar-refractivity contribution is 6.00. The molecule has 1 aliphatic rings. The minimum absolute atomic E-state index is 0.366. The van der Waals surface area contributed by atoms with Gasteiger partial charge in [-0.2, -0.15) is 13.2 Å². The van der Waals surface area contributed by atoms with Gasteiger partial charge >= 0.3 is 12.1 Å². The number of unbranched alkanes of at least 4 members (excludes halogenated alkanes) is 2. The maximum absolute atomic E-state index is 12.8. The fraction of sp³-hybridized carbons (Fsp3) is 0.438. The van der Waals surface area contributed by atoms with Crippen LogP contribution in [0, 0.1) is 0 Å². The Balaban J connectivity index is 2.25. The summed E-state index contributed by atoms with van der Waals surface area (Å²) in [6, 6.07) is 6.22. The third-order valence-corrected chi connectivity index (χ3v) is 3.56. The number of para-hydroxylation sites is 1. The lowest BCUT2D eigenvalue weighted by Gasteiger charge is -2.24. The van der Waals surface area contributed by atoms with Crippen molar-refractivity contribution in [2.45, 2.75) is 44.8 Å². The van der Waals surface area contributed by atoms with Gasteiger partial charge in [0.2, 0.25) is 0 Å². The number of anilines is 1. The Morgan fingerprint density at radius 1 is 1.38 bits per heavy atom. The summed E-state index contributed by atoms with van der Waals surface area (Å²) in [6.45, 7) is 2.05. The van der Waals surface area contributed by atoms with Crippen LogP contribution in [0.2, 0.25) is 0 Å². The van der Waals surface area contributed by atoms with Gasteiger partial charge in [0.25, 0.3) is 0 Å². The summed E-state index contributed by atoms with van der Waals surface area (Å²) in [5.41, 5.74) is 1.14. The van der Waals surface area contributed by atoms with Crippen molar-refractivity contribution in [2.75, 3.05) is 4.90 Å². The van der Waals surface area contributed by atoms with E-state index in [1.165, 1.54) is 0 Å². The van der Waals surface area contributed by atoms with Gasteiger partial charge < -0.3 is 0 Å². The molecular weight excluding hydrogens is 279 g/mol. The number of fused-ring (bicyclic) bond motifs is 1. The Hall–Kier alpha value is -1.78. The zero-order valence-corrected chi connectivity index (χ0v) is 11.9. The largest absolute Gasteiger partial charge is 0.471 e. The molecule has 2 nitrogen and oxygen atoms in total. The number of allylic oxidation sites excluding steroid dienone is 1. The summed E-state index contributed by atoms with van der Waals surface area (Å²) >= 11 is 0. The SMILES string of the molecule is CCCC/C=C/C1Cc2ccccc2N1C(=O)C(F)(F)F. The molecule has 0 fully saturated rings. The Bertz CT molecular complexity index is 537. The van der Waals surface area contributed by atoms with Gasteiger partial charge in [-0.05, 0) is 24.5 Å². The molecule has 114 valence electrons. The number of hydrogen-bond acceptors (Lipinski definition) is 1. The molecule has 0 saturated heterocycles. The van der Waals surface area contributed by atoms with Crippen LogP contribution >= 0.6 is 0 Å². The van der Waals surface area contributed by atoms with Crippen molar-refractivity contribution in [3.8, 4) is 0 Å². The number of nitrogens with zero attached hydrogens (tertiary/aromatic N) is 1. The van der Waals surface area contributed by atoms with Crippen LogP contribution in [0.5, 0.6) is 0 Å². The summed E-state index contributed by atoms with van der Waals surface area (Å²) < 4.78 is 38.4. The molecule has 1 aromatic carbocycles. The van der Waals surface area contributed by atoms with Gasteiger partial charge in [-0.1, -0.05) is 50.1 Å². The molecule has 0 aromatic heterocycles. The highest BCUT2D eigenvalue weighted by Gasteiger charge is 2.47. The summed E-state index contributed by atoms with van der Waals surface area (Å²) in [5.74, 6) is -1.79. The van der Waals surface area contributed by atoms with E-state index in [-0.39, 0.29) is 0 Å². The van der Waals surface area contributed by atoms with Crippen molar-refractivity contribution in [3.05, 3.63) is 42.0 Å². The Kier molecular flexibility index (Phi) is 4.70. The van der Waals surface area contributed by atoms with Crippen LogP contribution in [0.1, 0.15) is 31.7 Å². The first kappa shape index (κ1) is 15.6. The molecule has 1 amide bonds. The molecule has 0 radical (unpaired) electrons. The predicted octanol–water partition coefficient (Wildman–Crippen LogP) is 4.25. The molecule has 5 heteroatoms. The Labute approximate surface area is 122 Å². The second kappa shape index (κ2) is 6.33. The second-order valence-corrected chi connectivity index (χ2v) is 5.14. The molecule has 0 saturated carbocycles. The first-order chi connectivity index (χ1) is 9.95.